The summed E-state index contributed by atoms with van der Waals surface area (Å²) in [4.78, 5) is 12.2. The van der Waals surface area contributed by atoms with Crippen molar-refractivity contribution in [2.24, 2.45) is 11.3 Å². The molecule has 1 aliphatic carbocycles. The van der Waals surface area contributed by atoms with Crippen molar-refractivity contribution in [3.63, 3.8) is 0 Å². The number of carbonyl (C=O) groups excluding carboxylic acids is 1. The second-order valence-corrected chi connectivity index (χ2v) is 8.52. The quantitative estimate of drug-likeness (QED) is 0.708. The maximum Gasteiger partial charge on any atom is 0.223 e. The van der Waals surface area contributed by atoms with Crippen LogP contribution in [-0.2, 0) is 14.8 Å². The van der Waals surface area contributed by atoms with Gasteiger partial charge in [0.15, 0.2) is 0 Å². The van der Waals surface area contributed by atoms with Crippen LogP contribution in [-0.4, -0.2) is 55.7 Å². The first-order valence-electron chi connectivity index (χ1n) is 7.79. The van der Waals surface area contributed by atoms with Crippen molar-refractivity contribution < 1.29 is 18.3 Å². The molecule has 122 valence electrons. The highest BCUT2D eigenvalue weighted by atomic mass is 32.2. The van der Waals surface area contributed by atoms with E-state index in [0.717, 1.165) is 19.3 Å². The molecule has 1 amide bonds. The van der Waals surface area contributed by atoms with Gasteiger partial charge in [-0.25, -0.2) is 12.7 Å². The van der Waals surface area contributed by atoms with E-state index in [1.54, 1.807) is 6.92 Å². The third-order valence-electron chi connectivity index (χ3n) is 4.82. The van der Waals surface area contributed by atoms with E-state index in [-0.39, 0.29) is 29.6 Å². The van der Waals surface area contributed by atoms with Crippen LogP contribution in [0.5, 0.6) is 0 Å². The van der Waals surface area contributed by atoms with Crippen LogP contribution in [0.4, 0.5) is 0 Å². The number of nitrogens with one attached hydrogen (secondary N) is 1. The van der Waals surface area contributed by atoms with Gasteiger partial charge in [0.1, 0.15) is 0 Å². The number of sulfonamides is 1. The van der Waals surface area contributed by atoms with E-state index >= 15 is 0 Å². The summed E-state index contributed by atoms with van der Waals surface area (Å²) < 4.78 is 25.0. The molecule has 0 aromatic rings. The van der Waals surface area contributed by atoms with Crippen molar-refractivity contribution in [1.82, 2.24) is 9.62 Å². The molecular weight excluding hydrogens is 292 g/mol. The number of hydrogen-bond donors (Lipinski definition) is 2. The van der Waals surface area contributed by atoms with E-state index in [1.165, 1.54) is 4.31 Å². The van der Waals surface area contributed by atoms with Gasteiger partial charge in [-0.05, 0) is 44.4 Å². The Morgan fingerprint density at radius 1 is 1.33 bits per heavy atom. The Hall–Kier alpha value is -0.660. The highest BCUT2D eigenvalue weighted by Gasteiger charge is 2.42. The number of hydrogen-bond acceptors (Lipinski definition) is 4. The third-order valence-corrected chi connectivity index (χ3v) is 6.70. The van der Waals surface area contributed by atoms with Crippen molar-refractivity contribution >= 4 is 15.9 Å². The fourth-order valence-corrected chi connectivity index (χ4v) is 4.06. The molecule has 2 rings (SSSR count). The van der Waals surface area contributed by atoms with Crippen molar-refractivity contribution in [3.8, 4) is 0 Å². The Morgan fingerprint density at radius 2 is 1.95 bits per heavy atom. The minimum atomic E-state index is -3.13. The predicted molar refractivity (Wildman–Crippen MR) is 80.1 cm³/mol. The van der Waals surface area contributed by atoms with Crippen LogP contribution in [0.25, 0.3) is 0 Å². The molecule has 1 saturated heterocycles. The largest absolute Gasteiger partial charge is 0.396 e. The topological polar surface area (TPSA) is 86.7 Å². The summed E-state index contributed by atoms with van der Waals surface area (Å²) in [6.07, 6.45) is 4.08. The first kappa shape index (κ1) is 16.7. The molecule has 2 aliphatic rings. The number of aliphatic hydroxyl groups is 1. The van der Waals surface area contributed by atoms with E-state index in [9.17, 15) is 13.2 Å². The van der Waals surface area contributed by atoms with Crippen molar-refractivity contribution in [3.05, 3.63) is 0 Å². The fraction of sp³-hybridized carbons (Fsp3) is 0.929. The highest BCUT2D eigenvalue weighted by molar-refractivity contribution is 7.89. The number of piperidine rings is 1. The van der Waals surface area contributed by atoms with Gasteiger partial charge in [0.05, 0.1) is 5.75 Å². The molecule has 0 atom stereocenters. The van der Waals surface area contributed by atoms with Gasteiger partial charge in [0.25, 0.3) is 0 Å². The molecule has 0 unspecified atom stereocenters. The molecule has 1 saturated carbocycles. The summed E-state index contributed by atoms with van der Waals surface area (Å²) in [5, 5.41) is 12.0. The van der Waals surface area contributed by atoms with Gasteiger partial charge in [-0.2, -0.15) is 0 Å². The summed E-state index contributed by atoms with van der Waals surface area (Å²) in [7, 11) is -3.13. The van der Waals surface area contributed by atoms with Gasteiger partial charge in [0.2, 0.25) is 15.9 Å². The molecule has 0 aromatic carbocycles. The first-order chi connectivity index (χ1) is 9.92. The SMILES string of the molecule is CCS(=O)(=O)N1CCC(C(=O)NCC2(CCO)CC2)CC1. The molecular formula is C14H26N2O4S. The van der Waals surface area contributed by atoms with Crippen LogP contribution in [0.2, 0.25) is 0 Å². The smallest absolute Gasteiger partial charge is 0.223 e. The van der Waals surface area contributed by atoms with Crippen LogP contribution in [0.3, 0.4) is 0 Å². The lowest BCUT2D eigenvalue weighted by Gasteiger charge is -2.30. The van der Waals surface area contributed by atoms with Gasteiger partial charge in [-0.1, -0.05) is 0 Å². The van der Waals surface area contributed by atoms with Gasteiger partial charge in [-0.15, -0.1) is 0 Å². The van der Waals surface area contributed by atoms with E-state index < -0.39 is 10.0 Å². The van der Waals surface area contributed by atoms with Crippen LogP contribution < -0.4 is 5.32 Å². The van der Waals surface area contributed by atoms with E-state index in [0.29, 0.717) is 32.5 Å². The minimum absolute atomic E-state index is 0.0350. The number of rotatable bonds is 7. The average molecular weight is 318 g/mol. The lowest BCUT2D eigenvalue weighted by Crippen LogP contribution is -2.44. The van der Waals surface area contributed by atoms with Crippen molar-refractivity contribution in [1.29, 1.82) is 0 Å². The Balaban J connectivity index is 1.76. The minimum Gasteiger partial charge on any atom is -0.396 e. The van der Waals surface area contributed by atoms with Crippen LogP contribution in [0, 0.1) is 11.3 Å². The van der Waals surface area contributed by atoms with E-state index in [2.05, 4.69) is 5.32 Å². The zero-order valence-corrected chi connectivity index (χ0v) is 13.5. The molecule has 7 heteroatoms. The lowest BCUT2D eigenvalue weighted by atomic mass is 9.96. The summed E-state index contributed by atoms with van der Waals surface area (Å²) in [6, 6.07) is 0. The Kier molecular flexibility index (Phi) is 5.27. The van der Waals surface area contributed by atoms with Gasteiger partial charge in [-0.3, -0.25) is 4.79 Å². The normalized spacial score (nSPS) is 23.0. The molecule has 21 heavy (non-hydrogen) atoms. The molecule has 0 spiro atoms. The van der Waals surface area contributed by atoms with Crippen LogP contribution in [0.1, 0.15) is 39.0 Å². The molecule has 1 heterocycles. The third kappa shape index (κ3) is 4.17. The zero-order chi connectivity index (χ0) is 15.5. The zero-order valence-electron chi connectivity index (χ0n) is 12.7. The Labute approximate surface area is 126 Å². The summed E-state index contributed by atoms with van der Waals surface area (Å²) in [6.45, 7) is 3.33. The first-order valence-corrected chi connectivity index (χ1v) is 9.40. The molecule has 1 aliphatic heterocycles. The summed E-state index contributed by atoms with van der Waals surface area (Å²) in [5.41, 5.74) is 0.122. The molecule has 2 fully saturated rings. The number of carbonyl (C=O) groups is 1. The summed E-state index contributed by atoms with van der Waals surface area (Å²) >= 11 is 0. The average Bonchev–Trinajstić information content (AvgIpc) is 3.25. The van der Waals surface area contributed by atoms with Crippen molar-refractivity contribution in [2.45, 2.75) is 39.0 Å². The second kappa shape index (κ2) is 6.62. The maximum absolute atomic E-state index is 12.2. The van der Waals surface area contributed by atoms with Crippen LogP contribution in [0.15, 0.2) is 0 Å². The fourth-order valence-electron chi connectivity index (χ4n) is 2.93. The Morgan fingerprint density at radius 3 is 2.43 bits per heavy atom. The summed E-state index contributed by atoms with van der Waals surface area (Å²) in [5.74, 6) is 0.0686. The second-order valence-electron chi connectivity index (χ2n) is 6.27. The molecule has 6 nitrogen and oxygen atoms in total. The molecule has 0 radical (unpaired) electrons. The van der Waals surface area contributed by atoms with Gasteiger partial charge in [0, 0.05) is 32.2 Å². The van der Waals surface area contributed by atoms with Gasteiger partial charge < -0.3 is 10.4 Å². The van der Waals surface area contributed by atoms with Gasteiger partial charge >= 0.3 is 0 Å². The van der Waals surface area contributed by atoms with Crippen LogP contribution >= 0.6 is 0 Å². The molecule has 0 aromatic heterocycles. The monoisotopic (exact) mass is 318 g/mol. The number of aliphatic hydroxyl groups excluding tert-OH is 1. The van der Waals surface area contributed by atoms with E-state index in [1.807, 2.05) is 0 Å². The number of nitrogens with zero attached hydrogens (tertiary/aromatic N) is 1. The molecule has 2 N–H and O–H groups in total. The van der Waals surface area contributed by atoms with E-state index in [4.69, 9.17) is 5.11 Å². The highest BCUT2D eigenvalue weighted by Crippen LogP contribution is 2.47. The van der Waals surface area contributed by atoms with Crippen molar-refractivity contribution in [2.75, 3.05) is 32.0 Å². The Bertz CT molecular complexity index is 465. The maximum atomic E-state index is 12.2. The number of amides is 1. The molecule has 0 bridgehead atoms. The lowest BCUT2D eigenvalue weighted by molar-refractivity contribution is -0.126. The standard InChI is InChI=1S/C14H26N2O4S/c1-2-21(19,20)16-8-3-12(4-9-16)13(18)15-11-14(5-6-14)7-10-17/h12,17H,2-11H2,1H3,(H,15,18). The predicted octanol–water partition coefficient (Wildman–Crippen LogP) is 0.327.